The number of nitrogens with one attached hydrogen (secondary N) is 3. The van der Waals surface area contributed by atoms with Crippen LogP contribution in [-0.4, -0.2) is 32.0 Å². The molecule has 1 atom stereocenters. The van der Waals surface area contributed by atoms with Gasteiger partial charge in [-0.2, -0.15) is 9.97 Å². The van der Waals surface area contributed by atoms with E-state index >= 15 is 0 Å². The Morgan fingerprint density at radius 3 is 2.71 bits per heavy atom. The van der Waals surface area contributed by atoms with Crippen LogP contribution in [0.4, 0.5) is 11.8 Å². The van der Waals surface area contributed by atoms with Gasteiger partial charge < -0.3 is 15.6 Å². The molecule has 3 aromatic heterocycles. The van der Waals surface area contributed by atoms with Crippen molar-refractivity contribution >= 4 is 34.3 Å². The molecule has 110 valence electrons. The van der Waals surface area contributed by atoms with E-state index in [1.165, 1.54) is 4.88 Å². The van der Waals surface area contributed by atoms with E-state index in [0.717, 1.165) is 22.0 Å². The van der Waals surface area contributed by atoms with E-state index in [1.807, 2.05) is 13.8 Å². The van der Waals surface area contributed by atoms with Gasteiger partial charge in [0.15, 0.2) is 11.5 Å². The Hall–Kier alpha value is -2.22. The normalized spacial score (nSPS) is 12.6. The second-order valence-electron chi connectivity index (χ2n) is 4.80. The molecule has 0 bridgehead atoms. The van der Waals surface area contributed by atoms with Gasteiger partial charge in [-0.3, -0.25) is 0 Å². The zero-order valence-electron chi connectivity index (χ0n) is 12.4. The highest BCUT2D eigenvalue weighted by Gasteiger charge is 2.16. The van der Waals surface area contributed by atoms with Crippen LogP contribution in [0, 0.1) is 13.8 Å². The van der Waals surface area contributed by atoms with Crippen molar-refractivity contribution in [2.45, 2.75) is 26.8 Å². The molecular formula is C13H17N7S. The Kier molecular flexibility index (Phi) is 3.46. The number of hydrogen-bond acceptors (Lipinski definition) is 7. The summed E-state index contributed by atoms with van der Waals surface area (Å²) in [4.78, 5) is 21.7. The first-order valence-electron chi connectivity index (χ1n) is 6.68. The molecule has 0 aromatic carbocycles. The molecule has 7 nitrogen and oxygen atoms in total. The Labute approximate surface area is 126 Å². The quantitative estimate of drug-likeness (QED) is 0.686. The lowest BCUT2D eigenvalue weighted by Crippen LogP contribution is -2.10. The largest absolute Gasteiger partial charge is 0.361 e. The molecule has 0 aliphatic rings. The molecule has 21 heavy (non-hydrogen) atoms. The maximum absolute atomic E-state index is 4.47. The molecule has 0 radical (unpaired) electrons. The van der Waals surface area contributed by atoms with Crippen LogP contribution in [0.15, 0.2) is 6.33 Å². The molecule has 1 unspecified atom stereocenters. The molecule has 3 aromatic rings. The SMILES string of the molecule is CNc1nc(NC(C)c2sc(C)nc2C)c2[nH]cnc2n1. The lowest BCUT2D eigenvalue weighted by atomic mass is 10.2. The molecule has 3 rings (SSSR count). The van der Waals surface area contributed by atoms with Crippen molar-refractivity contribution in [2.75, 3.05) is 17.7 Å². The van der Waals surface area contributed by atoms with Crippen LogP contribution in [-0.2, 0) is 0 Å². The number of H-pyrrole nitrogens is 1. The van der Waals surface area contributed by atoms with Crippen molar-refractivity contribution in [2.24, 2.45) is 0 Å². The first kappa shape index (κ1) is 13.7. The van der Waals surface area contributed by atoms with Crippen LogP contribution in [0.1, 0.15) is 28.5 Å². The third-order valence-electron chi connectivity index (χ3n) is 3.20. The van der Waals surface area contributed by atoms with Crippen molar-refractivity contribution < 1.29 is 0 Å². The van der Waals surface area contributed by atoms with Crippen LogP contribution >= 0.6 is 11.3 Å². The number of fused-ring (bicyclic) bond motifs is 1. The van der Waals surface area contributed by atoms with E-state index in [1.54, 1.807) is 24.7 Å². The van der Waals surface area contributed by atoms with E-state index in [0.29, 0.717) is 11.6 Å². The fourth-order valence-corrected chi connectivity index (χ4v) is 3.20. The zero-order valence-corrected chi connectivity index (χ0v) is 13.2. The summed E-state index contributed by atoms with van der Waals surface area (Å²) in [5.74, 6) is 1.28. The van der Waals surface area contributed by atoms with E-state index in [4.69, 9.17) is 0 Å². The predicted molar refractivity (Wildman–Crippen MR) is 84.9 cm³/mol. The first-order chi connectivity index (χ1) is 10.1. The molecule has 0 aliphatic carbocycles. The lowest BCUT2D eigenvalue weighted by molar-refractivity contribution is 0.880. The second-order valence-corrected chi connectivity index (χ2v) is 6.03. The third-order valence-corrected chi connectivity index (χ3v) is 4.45. The lowest BCUT2D eigenvalue weighted by Gasteiger charge is -2.14. The van der Waals surface area contributed by atoms with Crippen molar-refractivity contribution in [1.82, 2.24) is 24.9 Å². The number of anilines is 2. The van der Waals surface area contributed by atoms with E-state index < -0.39 is 0 Å². The van der Waals surface area contributed by atoms with Gasteiger partial charge in [0.1, 0.15) is 5.52 Å². The molecule has 0 saturated heterocycles. The van der Waals surface area contributed by atoms with Gasteiger partial charge >= 0.3 is 0 Å². The zero-order chi connectivity index (χ0) is 15.0. The van der Waals surface area contributed by atoms with Gasteiger partial charge in [0.25, 0.3) is 0 Å². The van der Waals surface area contributed by atoms with E-state index in [9.17, 15) is 0 Å². The molecule has 3 N–H and O–H groups in total. The standard InChI is InChI=1S/C13H17N7S/c1-6-10(21-8(3)17-6)7(2)18-12-9-11(16-5-15-9)19-13(14-4)20-12/h5,7H,1-4H3,(H3,14,15,16,18,19,20). The van der Waals surface area contributed by atoms with E-state index in [-0.39, 0.29) is 6.04 Å². The van der Waals surface area contributed by atoms with Gasteiger partial charge in [0.05, 0.1) is 23.1 Å². The average molecular weight is 303 g/mol. The summed E-state index contributed by atoms with van der Waals surface area (Å²) in [6, 6.07) is 0.113. The fraction of sp³-hybridized carbons (Fsp3) is 0.385. The van der Waals surface area contributed by atoms with Gasteiger partial charge in [-0.25, -0.2) is 9.97 Å². The van der Waals surface area contributed by atoms with Crippen molar-refractivity contribution in [1.29, 1.82) is 0 Å². The topological polar surface area (TPSA) is 91.4 Å². The molecular weight excluding hydrogens is 286 g/mol. The fourth-order valence-electron chi connectivity index (χ4n) is 2.27. The minimum atomic E-state index is 0.113. The van der Waals surface area contributed by atoms with Crippen LogP contribution < -0.4 is 10.6 Å². The first-order valence-corrected chi connectivity index (χ1v) is 7.49. The Morgan fingerprint density at radius 1 is 1.24 bits per heavy atom. The summed E-state index contributed by atoms with van der Waals surface area (Å²) in [5, 5.41) is 7.45. The monoisotopic (exact) mass is 303 g/mol. The van der Waals surface area contributed by atoms with Gasteiger partial charge in [-0.05, 0) is 20.8 Å². The Balaban J connectivity index is 1.97. The van der Waals surface area contributed by atoms with Crippen LogP contribution in [0.2, 0.25) is 0 Å². The number of hydrogen-bond donors (Lipinski definition) is 3. The van der Waals surface area contributed by atoms with Crippen LogP contribution in [0.25, 0.3) is 11.2 Å². The molecule has 3 heterocycles. The number of aromatic amines is 1. The smallest absolute Gasteiger partial charge is 0.226 e. The highest BCUT2D eigenvalue weighted by molar-refractivity contribution is 7.11. The van der Waals surface area contributed by atoms with Crippen molar-refractivity contribution in [3.05, 3.63) is 21.9 Å². The molecule has 0 amide bonds. The number of nitrogens with zero attached hydrogens (tertiary/aromatic N) is 4. The summed E-state index contributed by atoms with van der Waals surface area (Å²) in [6.45, 7) is 6.15. The summed E-state index contributed by atoms with van der Waals surface area (Å²) >= 11 is 1.70. The summed E-state index contributed by atoms with van der Waals surface area (Å²) < 4.78 is 0. The maximum Gasteiger partial charge on any atom is 0.226 e. The third kappa shape index (κ3) is 2.54. The maximum atomic E-state index is 4.47. The molecule has 0 saturated carbocycles. The van der Waals surface area contributed by atoms with Crippen molar-refractivity contribution in [3.63, 3.8) is 0 Å². The number of aromatic nitrogens is 5. The van der Waals surface area contributed by atoms with E-state index in [2.05, 4.69) is 42.5 Å². The van der Waals surface area contributed by atoms with Gasteiger partial charge in [-0.1, -0.05) is 0 Å². The summed E-state index contributed by atoms with van der Waals surface area (Å²) in [5.41, 5.74) is 2.50. The highest BCUT2D eigenvalue weighted by Crippen LogP contribution is 2.29. The average Bonchev–Trinajstić information content (AvgIpc) is 3.04. The molecule has 8 heteroatoms. The summed E-state index contributed by atoms with van der Waals surface area (Å²) in [7, 11) is 1.79. The van der Waals surface area contributed by atoms with Crippen molar-refractivity contribution in [3.8, 4) is 0 Å². The number of thiazole rings is 1. The highest BCUT2D eigenvalue weighted by atomic mass is 32.1. The second kappa shape index (κ2) is 5.28. The van der Waals surface area contributed by atoms with Crippen LogP contribution in [0.5, 0.6) is 0 Å². The number of rotatable bonds is 4. The van der Waals surface area contributed by atoms with Gasteiger partial charge in [0.2, 0.25) is 5.95 Å². The minimum absolute atomic E-state index is 0.113. The Morgan fingerprint density at radius 2 is 2.05 bits per heavy atom. The molecule has 0 spiro atoms. The Bertz CT molecular complexity index is 776. The van der Waals surface area contributed by atoms with Gasteiger partial charge in [-0.15, -0.1) is 11.3 Å². The number of imidazole rings is 1. The molecule has 0 aliphatic heterocycles. The minimum Gasteiger partial charge on any atom is -0.361 e. The predicted octanol–water partition coefficient (Wildman–Crippen LogP) is 2.64. The number of aryl methyl sites for hydroxylation is 2. The van der Waals surface area contributed by atoms with Crippen LogP contribution in [0.3, 0.4) is 0 Å². The molecule has 0 fully saturated rings. The summed E-state index contributed by atoms with van der Waals surface area (Å²) in [6.07, 6.45) is 1.62. The van der Waals surface area contributed by atoms with Gasteiger partial charge in [0, 0.05) is 11.9 Å².